The van der Waals surface area contributed by atoms with E-state index < -0.39 is 23.6 Å². The average Bonchev–Trinajstić information content (AvgIpc) is 3.13. The number of likely N-dealkylation sites (tertiary alicyclic amines) is 1. The zero-order valence-corrected chi connectivity index (χ0v) is 17.7. The van der Waals surface area contributed by atoms with Gasteiger partial charge in [-0.25, -0.2) is 0 Å². The number of rotatable bonds is 3. The van der Waals surface area contributed by atoms with Crippen LogP contribution in [0.4, 0.5) is 0 Å². The fraction of sp³-hybridized carbons (Fsp3) is 0.375. The van der Waals surface area contributed by atoms with Crippen LogP contribution >= 0.6 is 0 Å². The lowest BCUT2D eigenvalue weighted by atomic mass is 9.95. The lowest BCUT2D eigenvalue weighted by molar-refractivity contribution is -0.310. The van der Waals surface area contributed by atoms with E-state index in [0.29, 0.717) is 37.1 Å². The third-order valence-electron chi connectivity index (χ3n) is 6.26. The molecule has 0 N–H and O–H groups in total. The third kappa shape index (κ3) is 3.81. The second kappa shape index (κ2) is 8.15. The van der Waals surface area contributed by atoms with Gasteiger partial charge in [-0.05, 0) is 37.6 Å². The Bertz CT molecular complexity index is 1010. The topological polar surface area (TPSA) is 90.0 Å². The maximum atomic E-state index is 13.3. The molecule has 2 fully saturated rings. The molecule has 0 saturated carbocycles. The number of amides is 2. The molecule has 4 rings (SSSR count). The highest BCUT2D eigenvalue weighted by Crippen LogP contribution is 2.38. The molecule has 7 heteroatoms. The Morgan fingerprint density at radius 3 is 2.23 bits per heavy atom. The first-order valence-corrected chi connectivity index (χ1v) is 10.4. The minimum absolute atomic E-state index is 0.0705. The van der Waals surface area contributed by atoms with Gasteiger partial charge in [-0.1, -0.05) is 35.9 Å². The summed E-state index contributed by atoms with van der Waals surface area (Å²) >= 11 is 0. The summed E-state index contributed by atoms with van der Waals surface area (Å²) in [7, 11) is 0. The van der Waals surface area contributed by atoms with Gasteiger partial charge in [0.05, 0.1) is 18.6 Å². The summed E-state index contributed by atoms with van der Waals surface area (Å²) in [6.45, 7) is 4.42. The number of carboxylic acids is 1. The van der Waals surface area contributed by atoms with Gasteiger partial charge in [-0.15, -0.1) is 0 Å². The molecule has 0 aliphatic carbocycles. The van der Waals surface area contributed by atoms with Crippen LogP contribution in [0.1, 0.15) is 44.7 Å². The molecule has 1 atom stereocenters. The molecule has 0 bridgehead atoms. The first-order chi connectivity index (χ1) is 14.8. The SMILES string of the molecule is Cc1ccc(C(=O)N2[C@@H](C(=O)[O-])COC23CCN(C(=O)c2ccccc2C)CC3)cc1. The highest BCUT2D eigenvalue weighted by atomic mass is 16.5. The van der Waals surface area contributed by atoms with Crippen LogP contribution in [0.2, 0.25) is 0 Å². The van der Waals surface area contributed by atoms with Crippen molar-refractivity contribution in [2.24, 2.45) is 0 Å². The number of carboxylic acid groups (broad SMARTS) is 1. The van der Waals surface area contributed by atoms with Gasteiger partial charge in [-0.3, -0.25) is 14.5 Å². The monoisotopic (exact) mass is 421 g/mol. The Kier molecular flexibility index (Phi) is 5.54. The van der Waals surface area contributed by atoms with E-state index in [4.69, 9.17) is 4.74 Å². The van der Waals surface area contributed by atoms with E-state index in [2.05, 4.69) is 0 Å². The largest absolute Gasteiger partial charge is 0.548 e. The maximum absolute atomic E-state index is 13.3. The zero-order valence-electron chi connectivity index (χ0n) is 17.7. The standard InChI is InChI=1S/C24H26N2O5/c1-16-7-9-18(10-8-16)21(27)26-20(23(29)30)15-31-24(26)11-13-25(14-12-24)22(28)19-6-4-3-5-17(19)2/h3-10,20H,11-15H2,1-2H3,(H,29,30)/p-1/t20-/m1/s1. The normalized spacial score (nSPS) is 20.1. The second-order valence-electron chi connectivity index (χ2n) is 8.24. The van der Waals surface area contributed by atoms with Crippen LogP contribution in [-0.2, 0) is 9.53 Å². The van der Waals surface area contributed by atoms with Gasteiger partial charge in [0.25, 0.3) is 11.8 Å². The number of ether oxygens (including phenoxy) is 1. The van der Waals surface area contributed by atoms with Crippen LogP contribution in [0, 0.1) is 13.8 Å². The Morgan fingerprint density at radius 1 is 0.968 bits per heavy atom. The minimum atomic E-state index is -1.34. The smallest absolute Gasteiger partial charge is 0.256 e. The maximum Gasteiger partial charge on any atom is 0.256 e. The van der Waals surface area contributed by atoms with Crippen molar-refractivity contribution in [1.82, 2.24) is 9.80 Å². The van der Waals surface area contributed by atoms with Crippen molar-refractivity contribution in [3.8, 4) is 0 Å². The third-order valence-corrected chi connectivity index (χ3v) is 6.26. The van der Waals surface area contributed by atoms with Crippen molar-refractivity contribution >= 4 is 17.8 Å². The Hall–Kier alpha value is -3.19. The molecule has 1 spiro atoms. The second-order valence-corrected chi connectivity index (χ2v) is 8.24. The molecule has 0 radical (unpaired) electrons. The van der Waals surface area contributed by atoms with E-state index in [1.165, 1.54) is 4.90 Å². The van der Waals surface area contributed by atoms with Crippen LogP contribution in [0.15, 0.2) is 48.5 Å². The van der Waals surface area contributed by atoms with Crippen molar-refractivity contribution in [2.45, 2.75) is 38.5 Å². The van der Waals surface area contributed by atoms with E-state index in [1.54, 1.807) is 23.1 Å². The Labute approximate surface area is 181 Å². The van der Waals surface area contributed by atoms with Crippen molar-refractivity contribution in [3.05, 3.63) is 70.8 Å². The number of hydrogen-bond donors (Lipinski definition) is 0. The number of carbonyl (C=O) groups is 3. The number of hydrogen-bond acceptors (Lipinski definition) is 5. The number of benzene rings is 2. The summed E-state index contributed by atoms with van der Waals surface area (Å²) in [6.07, 6.45) is 0.679. The number of aryl methyl sites for hydroxylation is 2. The summed E-state index contributed by atoms with van der Waals surface area (Å²) in [5.41, 5.74) is 1.89. The number of carbonyl (C=O) groups excluding carboxylic acids is 3. The van der Waals surface area contributed by atoms with Gasteiger partial charge in [0.15, 0.2) is 0 Å². The molecule has 2 amide bonds. The van der Waals surface area contributed by atoms with Gasteiger partial charge in [0, 0.05) is 37.1 Å². The van der Waals surface area contributed by atoms with E-state index in [1.807, 2.05) is 44.2 Å². The van der Waals surface area contributed by atoms with Crippen LogP contribution in [0.3, 0.4) is 0 Å². The summed E-state index contributed by atoms with van der Waals surface area (Å²) in [5, 5.41) is 11.8. The van der Waals surface area contributed by atoms with Crippen LogP contribution in [-0.4, -0.2) is 59.0 Å². The molecular weight excluding hydrogens is 396 g/mol. The fourth-order valence-electron chi connectivity index (χ4n) is 4.43. The highest BCUT2D eigenvalue weighted by Gasteiger charge is 2.52. The van der Waals surface area contributed by atoms with E-state index in [9.17, 15) is 19.5 Å². The molecule has 2 aromatic rings. The predicted molar refractivity (Wildman–Crippen MR) is 111 cm³/mol. The molecular formula is C24H25N2O5-. The molecule has 2 saturated heterocycles. The zero-order chi connectivity index (χ0) is 22.2. The number of piperidine rings is 1. The summed E-state index contributed by atoms with van der Waals surface area (Å²) in [4.78, 5) is 41.1. The van der Waals surface area contributed by atoms with Gasteiger partial charge < -0.3 is 19.5 Å². The Morgan fingerprint density at radius 2 is 1.61 bits per heavy atom. The van der Waals surface area contributed by atoms with Crippen molar-refractivity contribution < 1.29 is 24.2 Å². The van der Waals surface area contributed by atoms with Crippen LogP contribution in [0.25, 0.3) is 0 Å². The van der Waals surface area contributed by atoms with Crippen molar-refractivity contribution in [3.63, 3.8) is 0 Å². The molecule has 2 heterocycles. The van der Waals surface area contributed by atoms with Gasteiger partial charge in [-0.2, -0.15) is 0 Å². The summed E-state index contributed by atoms with van der Waals surface area (Å²) < 4.78 is 5.94. The van der Waals surface area contributed by atoms with Crippen molar-refractivity contribution in [1.29, 1.82) is 0 Å². The van der Waals surface area contributed by atoms with E-state index >= 15 is 0 Å². The van der Waals surface area contributed by atoms with Crippen LogP contribution < -0.4 is 5.11 Å². The Balaban J connectivity index is 1.57. The molecule has 0 unspecified atom stereocenters. The van der Waals surface area contributed by atoms with E-state index in [0.717, 1.165) is 11.1 Å². The molecule has 2 aliphatic heterocycles. The van der Waals surface area contributed by atoms with Crippen molar-refractivity contribution in [2.75, 3.05) is 19.7 Å². The summed E-state index contributed by atoms with van der Waals surface area (Å²) in [6, 6.07) is 13.3. The lowest BCUT2D eigenvalue weighted by Crippen LogP contribution is -2.60. The average molecular weight is 421 g/mol. The molecule has 7 nitrogen and oxygen atoms in total. The first-order valence-electron chi connectivity index (χ1n) is 10.4. The number of nitrogens with zero attached hydrogens (tertiary/aromatic N) is 2. The van der Waals surface area contributed by atoms with Crippen LogP contribution in [0.5, 0.6) is 0 Å². The van der Waals surface area contributed by atoms with E-state index in [-0.39, 0.29) is 12.5 Å². The molecule has 2 aromatic carbocycles. The highest BCUT2D eigenvalue weighted by molar-refractivity contribution is 5.98. The summed E-state index contributed by atoms with van der Waals surface area (Å²) in [5.74, 6) is -1.81. The quantitative estimate of drug-likeness (QED) is 0.750. The molecule has 162 valence electrons. The first kappa shape index (κ1) is 21.1. The number of aliphatic carboxylic acids is 1. The molecule has 0 aromatic heterocycles. The van der Waals surface area contributed by atoms with Gasteiger partial charge in [0.2, 0.25) is 0 Å². The molecule has 31 heavy (non-hydrogen) atoms. The minimum Gasteiger partial charge on any atom is -0.548 e. The molecule has 2 aliphatic rings. The van der Waals surface area contributed by atoms with Gasteiger partial charge >= 0.3 is 0 Å². The predicted octanol–water partition coefficient (Wildman–Crippen LogP) is 1.53. The lowest BCUT2D eigenvalue weighted by Gasteiger charge is -2.45. The fourth-order valence-corrected chi connectivity index (χ4v) is 4.43. The van der Waals surface area contributed by atoms with Gasteiger partial charge in [0.1, 0.15) is 5.72 Å².